The van der Waals surface area contributed by atoms with E-state index in [4.69, 9.17) is 9.47 Å². The average molecular weight is 213 g/mol. The summed E-state index contributed by atoms with van der Waals surface area (Å²) in [4.78, 5) is 0. The first-order valence-corrected chi connectivity index (χ1v) is 6.19. The highest BCUT2D eigenvalue weighted by Gasteiger charge is 2.35. The molecule has 1 N–H and O–H groups in total. The fourth-order valence-electron chi connectivity index (χ4n) is 2.92. The molecule has 0 aliphatic carbocycles. The second kappa shape index (κ2) is 5.28. The van der Waals surface area contributed by atoms with Crippen molar-refractivity contribution in [3.05, 3.63) is 0 Å². The van der Waals surface area contributed by atoms with Gasteiger partial charge in [-0.05, 0) is 44.6 Å². The van der Waals surface area contributed by atoms with Crippen LogP contribution in [0.2, 0.25) is 0 Å². The topological polar surface area (TPSA) is 30.5 Å². The molecular formula is C12H23NO2. The smallest absolute Gasteiger partial charge is 0.0581 e. The second-order valence-electron chi connectivity index (χ2n) is 4.98. The van der Waals surface area contributed by atoms with Crippen LogP contribution in [0.25, 0.3) is 0 Å². The van der Waals surface area contributed by atoms with E-state index in [2.05, 4.69) is 5.32 Å². The monoisotopic (exact) mass is 213 g/mol. The van der Waals surface area contributed by atoms with E-state index in [1.807, 2.05) is 7.05 Å². The van der Waals surface area contributed by atoms with Crippen LogP contribution < -0.4 is 5.32 Å². The fourth-order valence-corrected chi connectivity index (χ4v) is 2.92. The Kier molecular flexibility index (Phi) is 4.00. The van der Waals surface area contributed by atoms with Crippen LogP contribution in [0.5, 0.6) is 0 Å². The van der Waals surface area contributed by atoms with Gasteiger partial charge in [0, 0.05) is 26.4 Å². The summed E-state index contributed by atoms with van der Waals surface area (Å²) < 4.78 is 11.2. The van der Waals surface area contributed by atoms with Gasteiger partial charge in [-0.15, -0.1) is 0 Å². The molecule has 0 amide bonds. The highest BCUT2D eigenvalue weighted by atomic mass is 16.5. The first kappa shape index (κ1) is 11.4. The first-order chi connectivity index (χ1) is 7.35. The Bertz CT molecular complexity index is 179. The van der Waals surface area contributed by atoms with E-state index < -0.39 is 0 Å². The minimum atomic E-state index is 0.433. The summed E-state index contributed by atoms with van der Waals surface area (Å²) >= 11 is 0. The molecule has 2 aliphatic heterocycles. The van der Waals surface area contributed by atoms with Crippen LogP contribution in [-0.2, 0) is 9.47 Å². The molecule has 2 saturated heterocycles. The molecule has 88 valence electrons. The second-order valence-corrected chi connectivity index (χ2v) is 4.98. The van der Waals surface area contributed by atoms with E-state index in [0.29, 0.717) is 11.5 Å². The minimum Gasteiger partial charge on any atom is -0.381 e. The van der Waals surface area contributed by atoms with Gasteiger partial charge in [0.2, 0.25) is 0 Å². The SMILES string of the molecule is CNCC1(CC2CCCO2)CCOCC1. The number of hydrogen-bond donors (Lipinski definition) is 1. The van der Waals surface area contributed by atoms with E-state index in [9.17, 15) is 0 Å². The lowest BCUT2D eigenvalue weighted by Gasteiger charge is -2.38. The van der Waals surface area contributed by atoms with Crippen molar-refractivity contribution < 1.29 is 9.47 Å². The number of hydrogen-bond acceptors (Lipinski definition) is 3. The van der Waals surface area contributed by atoms with Gasteiger partial charge in [0.1, 0.15) is 0 Å². The summed E-state index contributed by atoms with van der Waals surface area (Å²) in [7, 11) is 2.05. The van der Waals surface area contributed by atoms with Gasteiger partial charge in [0.05, 0.1) is 6.10 Å². The first-order valence-electron chi connectivity index (χ1n) is 6.19. The molecule has 2 fully saturated rings. The van der Waals surface area contributed by atoms with Gasteiger partial charge < -0.3 is 14.8 Å². The van der Waals surface area contributed by atoms with E-state index >= 15 is 0 Å². The lowest BCUT2D eigenvalue weighted by molar-refractivity contribution is -0.0182. The van der Waals surface area contributed by atoms with Crippen LogP contribution in [-0.4, -0.2) is 39.5 Å². The predicted octanol–water partition coefficient (Wildman–Crippen LogP) is 1.57. The molecule has 1 unspecified atom stereocenters. The van der Waals surface area contributed by atoms with Gasteiger partial charge in [0.15, 0.2) is 0 Å². The molecule has 2 heterocycles. The summed E-state index contributed by atoms with van der Waals surface area (Å²) in [5.41, 5.74) is 0.433. The molecule has 2 rings (SSSR count). The van der Waals surface area contributed by atoms with Crippen LogP contribution in [0.3, 0.4) is 0 Å². The van der Waals surface area contributed by atoms with Gasteiger partial charge in [-0.2, -0.15) is 0 Å². The Morgan fingerprint density at radius 3 is 2.67 bits per heavy atom. The molecule has 0 aromatic heterocycles. The molecule has 1 atom stereocenters. The lowest BCUT2D eigenvalue weighted by Crippen LogP contribution is -2.40. The van der Waals surface area contributed by atoms with Crippen LogP contribution in [0, 0.1) is 5.41 Å². The van der Waals surface area contributed by atoms with Crippen LogP contribution in [0.4, 0.5) is 0 Å². The van der Waals surface area contributed by atoms with Gasteiger partial charge in [-0.3, -0.25) is 0 Å². The zero-order valence-corrected chi connectivity index (χ0v) is 9.76. The molecule has 15 heavy (non-hydrogen) atoms. The van der Waals surface area contributed by atoms with Crippen molar-refractivity contribution in [2.75, 3.05) is 33.4 Å². The van der Waals surface area contributed by atoms with E-state index in [1.54, 1.807) is 0 Å². The van der Waals surface area contributed by atoms with Crippen LogP contribution in [0.15, 0.2) is 0 Å². The molecular weight excluding hydrogens is 190 g/mol. The third-order valence-corrected chi connectivity index (χ3v) is 3.79. The van der Waals surface area contributed by atoms with Gasteiger partial charge in [0.25, 0.3) is 0 Å². The molecule has 2 aliphatic rings. The fraction of sp³-hybridized carbons (Fsp3) is 1.00. The van der Waals surface area contributed by atoms with Crippen molar-refractivity contribution >= 4 is 0 Å². The summed E-state index contributed by atoms with van der Waals surface area (Å²) in [6, 6.07) is 0. The number of nitrogens with one attached hydrogen (secondary N) is 1. The minimum absolute atomic E-state index is 0.433. The maximum absolute atomic E-state index is 5.76. The molecule has 3 nitrogen and oxygen atoms in total. The van der Waals surface area contributed by atoms with Crippen molar-refractivity contribution in [2.45, 2.75) is 38.2 Å². The molecule has 0 saturated carbocycles. The average Bonchev–Trinajstić information content (AvgIpc) is 2.72. The Morgan fingerprint density at radius 1 is 1.27 bits per heavy atom. The summed E-state index contributed by atoms with van der Waals surface area (Å²) in [5.74, 6) is 0. The maximum atomic E-state index is 5.76. The Hall–Kier alpha value is -0.120. The molecule has 0 spiro atoms. The molecule has 0 aromatic carbocycles. The molecule has 3 heteroatoms. The van der Waals surface area contributed by atoms with Gasteiger partial charge >= 0.3 is 0 Å². The Labute approximate surface area is 92.5 Å². The van der Waals surface area contributed by atoms with E-state index in [1.165, 1.54) is 32.1 Å². The zero-order chi connectivity index (χ0) is 10.6. The predicted molar refractivity (Wildman–Crippen MR) is 60.0 cm³/mol. The quantitative estimate of drug-likeness (QED) is 0.769. The zero-order valence-electron chi connectivity index (χ0n) is 9.76. The van der Waals surface area contributed by atoms with Gasteiger partial charge in [-0.1, -0.05) is 0 Å². The Balaban J connectivity index is 1.90. The summed E-state index contributed by atoms with van der Waals surface area (Å²) in [6.07, 6.45) is 6.61. The normalized spacial score (nSPS) is 30.6. The van der Waals surface area contributed by atoms with Crippen LogP contribution >= 0.6 is 0 Å². The Morgan fingerprint density at radius 2 is 2.07 bits per heavy atom. The number of ether oxygens (including phenoxy) is 2. The summed E-state index contributed by atoms with van der Waals surface area (Å²) in [5, 5.41) is 3.34. The highest BCUT2D eigenvalue weighted by Crippen LogP contribution is 2.37. The molecule has 0 bridgehead atoms. The molecule has 0 aromatic rings. The van der Waals surface area contributed by atoms with Crippen molar-refractivity contribution in [2.24, 2.45) is 5.41 Å². The standard InChI is InChI=1S/C12H23NO2/c1-13-10-12(4-7-14-8-5-12)9-11-3-2-6-15-11/h11,13H,2-10H2,1H3. The van der Waals surface area contributed by atoms with Gasteiger partial charge in [-0.25, -0.2) is 0 Å². The highest BCUT2D eigenvalue weighted by molar-refractivity contribution is 4.87. The third kappa shape index (κ3) is 2.92. The maximum Gasteiger partial charge on any atom is 0.0581 e. The lowest BCUT2D eigenvalue weighted by atomic mass is 9.75. The molecule has 0 radical (unpaired) electrons. The van der Waals surface area contributed by atoms with E-state index in [-0.39, 0.29) is 0 Å². The van der Waals surface area contributed by atoms with Crippen molar-refractivity contribution in [3.63, 3.8) is 0 Å². The van der Waals surface area contributed by atoms with Crippen molar-refractivity contribution in [3.8, 4) is 0 Å². The summed E-state index contributed by atoms with van der Waals surface area (Å²) in [6.45, 7) is 3.93. The number of rotatable bonds is 4. The largest absolute Gasteiger partial charge is 0.381 e. The third-order valence-electron chi connectivity index (χ3n) is 3.79. The van der Waals surface area contributed by atoms with Crippen LogP contribution in [0.1, 0.15) is 32.1 Å². The van der Waals surface area contributed by atoms with Crippen molar-refractivity contribution in [1.82, 2.24) is 5.32 Å². The van der Waals surface area contributed by atoms with Crippen molar-refractivity contribution in [1.29, 1.82) is 0 Å². The van der Waals surface area contributed by atoms with E-state index in [0.717, 1.165) is 26.4 Å².